The van der Waals surface area contributed by atoms with Gasteiger partial charge in [0.1, 0.15) is 6.61 Å². The van der Waals surface area contributed by atoms with Crippen LogP contribution in [0.4, 0.5) is 0 Å². The van der Waals surface area contributed by atoms with Gasteiger partial charge in [-0.25, -0.2) is 4.57 Å². The Kier molecular flexibility index (Phi) is 7.96. The second-order valence-corrected chi connectivity index (χ2v) is 8.96. The predicted octanol–water partition coefficient (Wildman–Crippen LogP) is 3.91. The van der Waals surface area contributed by atoms with Crippen LogP contribution in [0.1, 0.15) is 67.7 Å². The topological polar surface area (TPSA) is 93.1 Å². The van der Waals surface area contributed by atoms with E-state index in [2.05, 4.69) is 25.3 Å². The maximum absolute atomic E-state index is 12.7. The van der Waals surface area contributed by atoms with Crippen LogP contribution in [0.2, 0.25) is 0 Å². The number of carbonyl (C=O) groups is 1. The molecule has 0 fully saturated rings. The van der Waals surface area contributed by atoms with Gasteiger partial charge in [0.15, 0.2) is 0 Å². The van der Waals surface area contributed by atoms with Gasteiger partial charge >= 0.3 is 13.8 Å². The van der Waals surface area contributed by atoms with Gasteiger partial charge in [-0.05, 0) is 30.6 Å². The molecule has 0 saturated carbocycles. The van der Waals surface area contributed by atoms with E-state index in [0.717, 1.165) is 12.8 Å². The van der Waals surface area contributed by atoms with Gasteiger partial charge in [0, 0.05) is 0 Å². The smallest absolute Gasteiger partial charge is 0.463 e. The van der Waals surface area contributed by atoms with Crippen LogP contribution < -0.4 is 0 Å². The molecular formula is C16H33O6P. The predicted molar refractivity (Wildman–Crippen MR) is 89.8 cm³/mol. The van der Waals surface area contributed by atoms with Crippen LogP contribution in [0, 0.1) is 16.2 Å². The van der Waals surface area contributed by atoms with Gasteiger partial charge in [-0.1, -0.05) is 48.0 Å². The zero-order valence-corrected chi connectivity index (χ0v) is 16.4. The van der Waals surface area contributed by atoms with Gasteiger partial charge in [-0.15, -0.1) is 0 Å². The summed E-state index contributed by atoms with van der Waals surface area (Å²) in [5.41, 5.74) is -0.966. The summed E-state index contributed by atoms with van der Waals surface area (Å²) >= 11 is 0. The third kappa shape index (κ3) is 6.92. The summed E-state index contributed by atoms with van der Waals surface area (Å²) in [7, 11) is -4.53. The number of hydrogen-bond donors (Lipinski definition) is 2. The Hall–Kier alpha value is -0.420. The van der Waals surface area contributed by atoms with E-state index < -0.39 is 13.2 Å². The fourth-order valence-corrected chi connectivity index (χ4v) is 2.82. The molecule has 0 aliphatic rings. The van der Waals surface area contributed by atoms with E-state index in [1.807, 2.05) is 27.7 Å². The second-order valence-electron chi connectivity index (χ2n) is 7.72. The SMILES string of the molecule is CCC(C)(C)CC(C)(C(=O)OCCOP(=O)(O)O)C(C)(C)CC. The Bertz CT molecular complexity index is 440. The molecule has 2 N–H and O–H groups in total. The van der Waals surface area contributed by atoms with Crippen molar-refractivity contribution in [2.45, 2.75) is 67.7 Å². The molecule has 7 heteroatoms. The summed E-state index contributed by atoms with van der Waals surface area (Å²) in [5.74, 6) is -0.347. The minimum absolute atomic E-state index is 0.0113. The van der Waals surface area contributed by atoms with E-state index in [4.69, 9.17) is 14.5 Å². The number of rotatable bonds is 10. The van der Waals surface area contributed by atoms with E-state index in [-0.39, 0.29) is 30.0 Å². The lowest BCUT2D eigenvalue weighted by Crippen LogP contribution is -2.46. The highest BCUT2D eigenvalue weighted by Gasteiger charge is 2.49. The average Bonchev–Trinajstić information content (AvgIpc) is 2.41. The van der Waals surface area contributed by atoms with Crippen LogP contribution in [0.3, 0.4) is 0 Å². The fraction of sp³-hybridized carbons (Fsp3) is 0.938. The molecule has 0 aliphatic carbocycles. The molecule has 0 aromatic rings. The van der Waals surface area contributed by atoms with Crippen molar-refractivity contribution >= 4 is 13.8 Å². The van der Waals surface area contributed by atoms with E-state index in [1.165, 1.54) is 0 Å². The molecule has 138 valence electrons. The van der Waals surface area contributed by atoms with Crippen LogP contribution in [0.25, 0.3) is 0 Å². The molecule has 0 amide bonds. The highest BCUT2D eigenvalue weighted by molar-refractivity contribution is 7.46. The van der Waals surface area contributed by atoms with E-state index >= 15 is 0 Å². The van der Waals surface area contributed by atoms with Crippen molar-refractivity contribution in [1.29, 1.82) is 0 Å². The summed E-state index contributed by atoms with van der Waals surface area (Å²) in [6.07, 6.45) is 2.43. The van der Waals surface area contributed by atoms with Gasteiger partial charge in [-0.3, -0.25) is 9.32 Å². The van der Waals surface area contributed by atoms with E-state index in [1.54, 1.807) is 0 Å². The molecule has 0 aromatic carbocycles. The zero-order valence-electron chi connectivity index (χ0n) is 15.5. The number of phosphoric ester groups is 1. The Labute approximate surface area is 140 Å². The Morgan fingerprint density at radius 2 is 1.52 bits per heavy atom. The minimum Gasteiger partial charge on any atom is -0.463 e. The van der Waals surface area contributed by atoms with Crippen LogP contribution in [0.5, 0.6) is 0 Å². The molecule has 0 radical (unpaired) electrons. The third-order valence-corrected chi connectivity index (χ3v) is 5.71. The van der Waals surface area contributed by atoms with Gasteiger partial charge < -0.3 is 14.5 Å². The first kappa shape index (κ1) is 22.6. The lowest BCUT2D eigenvalue weighted by molar-refractivity contribution is -0.167. The molecule has 0 spiro atoms. The van der Waals surface area contributed by atoms with Crippen molar-refractivity contribution in [3.63, 3.8) is 0 Å². The number of esters is 1. The largest absolute Gasteiger partial charge is 0.469 e. The maximum Gasteiger partial charge on any atom is 0.469 e. The summed E-state index contributed by atoms with van der Waals surface area (Å²) in [4.78, 5) is 30.0. The summed E-state index contributed by atoms with van der Waals surface area (Å²) in [6.45, 7) is 13.9. The van der Waals surface area contributed by atoms with Crippen molar-refractivity contribution in [2.75, 3.05) is 13.2 Å². The lowest BCUT2D eigenvalue weighted by Gasteiger charge is -2.45. The molecule has 0 aliphatic heterocycles. The highest BCUT2D eigenvalue weighted by atomic mass is 31.2. The molecule has 0 heterocycles. The Morgan fingerprint density at radius 3 is 1.91 bits per heavy atom. The summed E-state index contributed by atoms with van der Waals surface area (Å²) < 4.78 is 20.2. The summed E-state index contributed by atoms with van der Waals surface area (Å²) in [5, 5.41) is 0. The number of hydrogen-bond acceptors (Lipinski definition) is 4. The molecule has 0 bridgehead atoms. The van der Waals surface area contributed by atoms with E-state index in [9.17, 15) is 9.36 Å². The van der Waals surface area contributed by atoms with Crippen molar-refractivity contribution in [1.82, 2.24) is 0 Å². The Morgan fingerprint density at radius 1 is 1.00 bits per heavy atom. The fourth-order valence-electron chi connectivity index (χ4n) is 2.51. The van der Waals surface area contributed by atoms with Crippen LogP contribution in [-0.2, 0) is 18.6 Å². The van der Waals surface area contributed by atoms with Crippen molar-refractivity contribution in [2.24, 2.45) is 16.2 Å². The first-order chi connectivity index (χ1) is 10.2. The minimum atomic E-state index is -4.53. The first-order valence-corrected chi connectivity index (χ1v) is 9.61. The molecular weight excluding hydrogens is 319 g/mol. The van der Waals surface area contributed by atoms with Gasteiger partial charge in [0.2, 0.25) is 0 Å². The van der Waals surface area contributed by atoms with Crippen molar-refractivity contribution in [3.8, 4) is 0 Å². The van der Waals surface area contributed by atoms with Gasteiger partial charge in [0.05, 0.1) is 12.0 Å². The van der Waals surface area contributed by atoms with Gasteiger partial charge in [0.25, 0.3) is 0 Å². The highest BCUT2D eigenvalue weighted by Crippen LogP contribution is 2.50. The molecule has 0 aromatic heterocycles. The molecule has 1 unspecified atom stereocenters. The van der Waals surface area contributed by atoms with Crippen LogP contribution in [0.15, 0.2) is 0 Å². The Balaban J connectivity index is 5.08. The van der Waals surface area contributed by atoms with E-state index in [0.29, 0.717) is 6.42 Å². The standard InChI is InChI=1S/C16H33O6P/c1-8-14(3,4)12-16(7,15(5,6)9-2)13(17)21-10-11-22-23(18,19)20/h8-12H2,1-7H3,(H2,18,19,20). The molecule has 0 saturated heterocycles. The number of ether oxygens (including phenoxy) is 1. The van der Waals surface area contributed by atoms with Crippen molar-refractivity contribution < 1.29 is 28.4 Å². The molecule has 0 rings (SSSR count). The number of carbonyl (C=O) groups excluding carboxylic acids is 1. The van der Waals surface area contributed by atoms with Crippen LogP contribution in [-0.4, -0.2) is 29.0 Å². The maximum atomic E-state index is 12.7. The third-order valence-electron chi connectivity index (χ3n) is 5.19. The van der Waals surface area contributed by atoms with Crippen LogP contribution >= 0.6 is 7.82 Å². The molecule has 23 heavy (non-hydrogen) atoms. The average molecular weight is 352 g/mol. The first-order valence-electron chi connectivity index (χ1n) is 8.08. The van der Waals surface area contributed by atoms with Gasteiger partial charge in [-0.2, -0.15) is 0 Å². The quantitative estimate of drug-likeness (QED) is 0.352. The second kappa shape index (κ2) is 8.11. The lowest BCUT2D eigenvalue weighted by atomic mass is 9.58. The molecule has 6 nitrogen and oxygen atoms in total. The zero-order chi connectivity index (χ0) is 18.5. The number of phosphoric acid groups is 1. The van der Waals surface area contributed by atoms with Crippen molar-refractivity contribution in [3.05, 3.63) is 0 Å². The summed E-state index contributed by atoms with van der Waals surface area (Å²) in [6, 6.07) is 0. The monoisotopic (exact) mass is 352 g/mol. The normalized spacial score (nSPS) is 16.0. The molecule has 1 atom stereocenters.